The first-order chi connectivity index (χ1) is 7.56. The van der Waals surface area contributed by atoms with Crippen LogP contribution in [0.2, 0.25) is 0 Å². The molecule has 0 aliphatic carbocycles. The summed E-state index contributed by atoms with van der Waals surface area (Å²) in [7, 11) is 1.32. The van der Waals surface area contributed by atoms with Gasteiger partial charge in [0, 0.05) is 12.6 Å². The van der Waals surface area contributed by atoms with E-state index in [1.165, 1.54) is 12.0 Å². The minimum atomic E-state index is -0.403. The summed E-state index contributed by atoms with van der Waals surface area (Å²) in [6.07, 6.45) is 1.26. The Morgan fingerprint density at radius 2 is 2.19 bits per heavy atom. The Kier molecular flexibility index (Phi) is 4.73. The number of methoxy groups -OCH3 is 1. The van der Waals surface area contributed by atoms with Crippen molar-refractivity contribution in [1.82, 2.24) is 4.90 Å². The maximum atomic E-state index is 12.0. The highest BCUT2D eigenvalue weighted by Crippen LogP contribution is 2.16. The van der Waals surface area contributed by atoms with E-state index in [-0.39, 0.29) is 24.6 Å². The topological polar surface area (TPSA) is 55.8 Å². The van der Waals surface area contributed by atoms with E-state index >= 15 is 0 Å². The van der Waals surface area contributed by atoms with Crippen molar-refractivity contribution in [1.29, 1.82) is 0 Å². The van der Waals surface area contributed by atoms with Crippen molar-refractivity contribution in [3.8, 4) is 0 Å². The lowest BCUT2D eigenvalue weighted by Gasteiger charge is -2.27. The lowest BCUT2D eigenvalue weighted by Crippen LogP contribution is -2.46. The van der Waals surface area contributed by atoms with Gasteiger partial charge in [-0.05, 0) is 26.7 Å². The van der Waals surface area contributed by atoms with Crippen LogP contribution in [0.5, 0.6) is 0 Å². The standard InChI is InChI=1S/C11H19NO4/c1-8(2)12(7-10(13)15-3)11(14)9-5-4-6-16-9/h8-9H,4-7H2,1-3H3. The second kappa shape index (κ2) is 5.84. The van der Waals surface area contributed by atoms with Gasteiger partial charge < -0.3 is 14.4 Å². The zero-order chi connectivity index (χ0) is 12.1. The van der Waals surface area contributed by atoms with Gasteiger partial charge in [-0.15, -0.1) is 0 Å². The molecule has 0 aromatic rings. The monoisotopic (exact) mass is 229 g/mol. The molecule has 5 heteroatoms. The highest BCUT2D eigenvalue weighted by Gasteiger charge is 2.30. The molecule has 1 fully saturated rings. The first-order valence-electron chi connectivity index (χ1n) is 5.55. The van der Waals surface area contributed by atoms with Gasteiger partial charge in [0.25, 0.3) is 5.91 Å². The van der Waals surface area contributed by atoms with Crippen LogP contribution in [0.1, 0.15) is 26.7 Å². The number of nitrogens with zero attached hydrogens (tertiary/aromatic N) is 1. The molecule has 0 aromatic heterocycles. The molecular weight excluding hydrogens is 210 g/mol. The molecule has 1 amide bonds. The zero-order valence-electron chi connectivity index (χ0n) is 10.1. The van der Waals surface area contributed by atoms with E-state index in [1.807, 2.05) is 13.8 Å². The molecule has 0 N–H and O–H groups in total. The Morgan fingerprint density at radius 1 is 1.50 bits per heavy atom. The number of hydrogen-bond donors (Lipinski definition) is 0. The summed E-state index contributed by atoms with van der Waals surface area (Å²) in [5.41, 5.74) is 0. The second-order valence-corrected chi connectivity index (χ2v) is 4.14. The minimum Gasteiger partial charge on any atom is -0.468 e. The van der Waals surface area contributed by atoms with Crippen molar-refractivity contribution in [2.45, 2.75) is 38.8 Å². The van der Waals surface area contributed by atoms with E-state index in [4.69, 9.17) is 4.74 Å². The van der Waals surface area contributed by atoms with E-state index in [0.29, 0.717) is 6.61 Å². The Labute approximate surface area is 95.7 Å². The maximum Gasteiger partial charge on any atom is 0.325 e. The van der Waals surface area contributed by atoms with E-state index < -0.39 is 5.97 Å². The fourth-order valence-electron chi connectivity index (χ4n) is 1.68. The quantitative estimate of drug-likeness (QED) is 0.661. The number of rotatable bonds is 4. The zero-order valence-corrected chi connectivity index (χ0v) is 10.1. The fraction of sp³-hybridized carbons (Fsp3) is 0.818. The molecule has 0 radical (unpaired) electrons. The Balaban J connectivity index is 2.61. The van der Waals surface area contributed by atoms with Gasteiger partial charge in [-0.25, -0.2) is 0 Å². The summed E-state index contributed by atoms with van der Waals surface area (Å²) in [6.45, 7) is 4.36. The molecule has 0 aromatic carbocycles. The Morgan fingerprint density at radius 3 is 2.62 bits per heavy atom. The van der Waals surface area contributed by atoms with Crippen molar-refractivity contribution in [3.63, 3.8) is 0 Å². The van der Waals surface area contributed by atoms with E-state index in [0.717, 1.165) is 12.8 Å². The van der Waals surface area contributed by atoms with Crippen molar-refractivity contribution < 1.29 is 19.1 Å². The maximum absolute atomic E-state index is 12.0. The summed E-state index contributed by atoms with van der Waals surface area (Å²) in [5.74, 6) is -0.516. The van der Waals surface area contributed by atoms with Gasteiger partial charge >= 0.3 is 5.97 Å². The number of carbonyl (C=O) groups excluding carboxylic acids is 2. The van der Waals surface area contributed by atoms with Gasteiger partial charge in [0.05, 0.1) is 7.11 Å². The van der Waals surface area contributed by atoms with E-state index in [1.54, 1.807) is 0 Å². The van der Waals surface area contributed by atoms with Gasteiger partial charge in [-0.1, -0.05) is 0 Å². The van der Waals surface area contributed by atoms with E-state index in [9.17, 15) is 9.59 Å². The van der Waals surface area contributed by atoms with Gasteiger partial charge in [0.15, 0.2) is 0 Å². The summed E-state index contributed by atoms with van der Waals surface area (Å²) >= 11 is 0. The number of amides is 1. The van der Waals surface area contributed by atoms with E-state index in [2.05, 4.69) is 4.74 Å². The van der Waals surface area contributed by atoms with Crippen molar-refractivity contribution in [2.24, 2.45) is 0 Å². The summed E-state index contributed by atoms with van der Waals surface area (Å²) in [4.78, 5) is 24.7. The van der Waals surface area contributed by atoms with Crippen LogP contribution in [0.15, 0.2) is 0 Å². The minimum absolute atomic E-state index is 0.00708. The summed E-state index contributed by atoms with van der Waals surface area (Å²) in [6, 6.07) is -0.0317. The summed E-state index contributed by atoms with van der Waals surface area (Å²) in [5, 5.41) is 0. The van der Waals surface area contributed by atoms with Crippen molar-refractivity contribution in [2.75, 3.05) is 20.3 Å². The van der Waals surface area contributed by atoms with Gasteiger partial charge in [0.2, 0.25) is 0 Å². The Bertz CT molecular complexity index is 259. The van der Waals surface area contributed by atoms with Gasteiger partial charge in [0.1, 0.15) is 12.6 Å². The second-order valence-electron chi connectivity index (χ2n) is 4.14. The molecule has 0 saturated carbocycles. The molecule has 1 atom stereocenters. The fourth-order valence-corrected chi connectivity index (χ4v) is 1.68. The number of hydrogen-bond acceptors (Lipinski definition) is 4. The molecule has 1 heterocycles. The lowest BCUT2D eigenvalue weighted by molar-refractivity contribution is -0.152. The van der Waals surface area contributed by atoms with Crippen LogP contribution >= 0.6 is 0 Å². The van der Waals surface area contributed by atoms with Gasteiger partial charge in [-0.2, -0.15) is 0 Å². The van der Waals surface area contributed by atoms with Crippen LogP contribution in [0.3, 0.4) is 0 Å². The third kappa shape index (κ3) is 3.20. The molecule has 1 unspecified atom stereocenters. The number of esters is 1. The van der Waals surface area contributed by atoms with Crippen LogP contribution in [0, 0.1) is 0 Å². The predicted molar refractivity (Wildman–Crippen MR) is 57.8 cm³/mol. The highest BCUT2D eigenvalue weighted by molar-refractivity contribution is 5.85. The molecule has 92 valence electrons. The number of carbonyl (C=O) groups is 2. The van der Waals surface area contributed by atoms with Crippen LogP contribution < -0.4 is 0 Å². The number of ether oxygens (including phenoxy) is 2. The molecule has 1 rings (SSSR count). The molecule has 5 nitrogen and oxygen atoms in total. The van der Waals surface area contributed by atoms with Crippen LogP contribution in [-0.4, -0.2) is 49.2 Å². The molecule has 1 aliphatic rings. The van der Waals surface area contributed by atoms with Crippen LogP contribution in [0.25, 0.3) is 0 Å². The Hall–Kier alpha value is -1.10. The largest absolute Gasteiger partial charge is 0.468 e. The first kappa shape index (κ1) is 13.0. The SMILES string of the molecule is COC(=O)CN(C(=O)C1CCCO1)C(C)C. The van der Waals surface area contributed by atoms with Crippen molar-refractivity contribution >= 4 is 11.9 Å². The third-order valence-electron chi connectivity index (χ3n) is 2.64. The van der Waals surface area contributed by atoms with Crippen LogP contribution in [0.4, 0.5) is 0 Å². The highest BCUT2D eigenvalue weighted by atomic mass is 16.5. The molecule has 16 heavy (non-hydrogen) atoms. The van der Waals surface area contributed by atoms with Crippen molar-refractivity contribution in [3.05, 3.63) is 0 Å². The smallest absolute Gasteiger partial charge is 0.325 e. The van der Waals surface area contributed by atoms with Crippen LogP contribution in [-0.2, 0) is 19.1 Å². The first-order valence-corrected chi connectivity index (χ1v) is 5.55. The molecule has 1 aliphatic heterocycles. The average Bonchev–Trinajstić information content (AvgIpc) is 2.77. The lowest BCUT2D eigenvalue weighted by atomic mass is 10.2. The third-order valence-corrected chi connectivity index (χ3v) is 2.64. The molecule has 0 bridgehead atoms. The predicted octanol–water partition coefficient (Wildman–Crippen LogP) is 0.575. The molecule has 0 spiro atoms. The van der Waals surface area contributed by atoms with Gasteiger partial charge in [-0.3, -0.25) is 9.59 Å². The normalized spacial score (nSPS) is 19.9. The average molecular weight is 229 g/mol. The molecular formula is C11H19NO4. The summed E-state index contributed by atoms with van der Waals surface area (Å²) < 4.78 is 9.89. The molecule has 1 saturated heterocycles.